The molecule has 0 spiro atoms. The first kappa shape index (κ1) is 26.9. The van der Waals surface area contributed by atoms with Crippen molar-refractivity contribution in [2.24, 2.45) is 0 Å². The second kappa shape index (κ2) is 11.5. The summed E-state index contributed by atoms with van der Waals surface area (Å²) in [6, 6.07) is 19.1. The number of hydrogen-bond donors (Lipinski definition) is 1. The lowest BCUT2D eigenvalue weighted by Gasteiger charge is -2.40. The van der Waals surface area contributed by atoms with E-state index in [-0.39, 0.29) is 23.8 Å². The van der Waals surface area contributed by atoms with Gasteiger partial charge in [0.25, 0.3) is 5.69 Å². The monoisotopic (exact) mass is 520 g/mol. The lowest BCUT2D eigenvalue weighted by atomic mass is 9.84. The molecule has 198 valence electrons. The molecule has 2 amide bonds. The number of nitro benzene ring substituents is 1. The number of nitrogens with one attached hydrogen (secondary N) is 1. The Kier molecular flexibility index (Phi) is 8.16. The number of carbonyl (C=O) groups excluding carboxylic acids is 1. The number of urea groups is 1. The molecule has 38 heavy (non-hydrogen) atoms. The lowest BCUT2D eigenvalue weighted by Crippen LogP contribution is -2.49. The topological polar surface area (TPSA) is 78.7 Å². The minimum absolute atomic E-state index is 0.0442. The normalized spacial score (nSPS) is 16.8. The number of non-ortho nitro benzene ring substituents is 1. The maximum absolute atomic E-state index is 14.8. The van der Waals surface area contributed by atoms with Crippen molar-refractivity contribution in [2.75, 3.05) is 27.2 Å². The van der Waals surface area contributed by atoms with Crippen LogP contribution in [0.3, 0.4) is 0 Å². The van der Waals surface area contributed by atoms with Crippen molar-refractivity contribution in [2.45, 2.75) is 24.9 Å². The van der Waals surface area contributed by atoms with Gasteiger partial charge in [-0.1, -0.05) is 42.5 Å². The molecule has 0 aromatic heterocycles. The number of hydrogen-bond acceptors (Lipinski definition) is 4. The van der Waals surface area contributed by atoms with Gasteiger partial charge in [0.1, 0.15) is 11.6 Å². The molecule has 4 rings (SSSR count). The molecule has 0 radical (unpaired) electrons. The van der Waals surface area contributed by atoms with Gasteiger partial charge in [0.05, 0.1) is 10.5 Å². The van der Waals surface area contributed by atoms with Crippen LogP contribution in [0, 0.1) is 21.7 Å². The number of benzene rings is 3. The van der Waals surface area contributed by atoms with E-state index >= 15 is 0 Å². The average molecular weight is 521 g/mol. The Bertz CT molecular complexity index is 1330. The number of rotatable bonds is 9. The summed E-state index contributed by atoms with van der Waals surface area (Å²) in [6.45, 7) is 1.29. The van der Waals surface area contributed by atoms with E-state index < -0.39 is 22.1 Å². The van der Waals surface area contributed by atoms with Crippen LogP contribution in [0.15, 0.2) is 78.9 Å². The van der Waals surface area contributed by atoms with Gasteiger partial charge in [-0.15, -0.1) is 0 Å². The van der Waals surface area contributed by atoms with Crippen LogP contribution in [0.2, 0.25) is 0 Å². The van der Waals surface area contributed by atoms with E-state index in [1.165, 1.54) is 23.1 Å². The van der Waals surface area contributed by atoms with Crippen LogP contribution in [-0.4, -0.2) is 47.9 Å². The van der Waals surface area contributed by atoms with Crippen LogP contribution < -0.4 is 5.32 Å². The summed E-state index contributed by atoms with van der Waals surface area (Å²) in [5, 5.41) is 14.2. The van der Waals surface area contributed by atoms with Crippen molar-refractivity contribution in [3.63, 3.8) is 0 Å². The van der Waals surface area contributed by atoms with E-state index in [4.69, 9.17) is 0 Å². The smallest absolute Gasteiger partial charge is 0.320 e. The Morgan fingerprint density at radius 1 is 1.08 bits per heavy atom. The Labute approximate surface area is 220 Å². The van der Waals surface area contributed by atoms with Gasteiger partial charge in [-0.2, -0.15) is 0 Å². The number of nitrogens with zero attached hydrogens (tertiary/aromatic N) is 3. The predicted molar refractivity (Wildman–Crippen MR) is 142 cm³/mol. The minimum Gasteiger partial charge on any atom is -0.331 e. The van der Waals surface area contributed by atoms with Crippen molar-refractivity contribution in [1.82, 2.24) is 15.1 Å². The summed E-state index contributed by atoms with van der Waals surface area (Å²) in [6.07, 6.45) is 3.12. The van der Waals surface area contributed by atoms with E-state index in [0.29, 0.717) is 31.5 Å². The van der Waals surface area contributed by atoms with Gasteiger partial charge in [-0.05, 0) is 60.4 Å². The summed E-state index contributed by atoms with van der Waals surface area (Å²) < 4.78 is 28.8. The lowest BCUT2D eigenvalue weighted by molar-refractivity contribution is -0.384. The van der Waals surface area contributed by atoms with E-state index in [1.54, 1.807) is 31.1 Å². The maximum Gasteiger partial charge on any atom is 0.320 e. The van der Waals surface area contributed by atoms with Gasteiger partial charge < -0.3 is 15.1 Å². The zero-order valence-electron chi connectivity index (χ0n) is 21.4. The van der Waals surface area contributed by atoms with Gasteiger partial charge >= 0.3 is 6.03 Å². The van der Waals surface area contributed by atoms with E-state index in [0.717, 1.165) is 23.3 Å². The zero-order valence-corrected chi connectivity index (χ0v) is 21.4. The summed E-state index contributed by atoms with van der Waals surface area (Å²) >= 11 is 0. The van der Waals surface area contributed by atoms with Gasteiger partial charge in [0.2, 0.25) is 0 Å². The molecule has 0 fully saturated rings. The molecule has 3 aromatic carbocycles. The first-order valence-electron chi connectivity index (χ1n) is 12.4. The van der Waals surface area contributed by atoms with Crippen molar-refractivity contribution < 1.29 is 18.5 Å². The molecule has 1 atom stereocenters. The number of carbonyl (C=O) groups is 1. The molecule has 1 heterocycles. The second-order valence-electron chi connectivity index (χ2n) is 9.55. The van der Waals surface area contributed by atoms with Crippen LogP contribution in [-0.2, 0) is 12.1 Å². The Morgan fingerprint density at radius 2 is 1.79 bits per heavy atom. The third-order valence-electron chi connectivity index (χ3n) is 6.77. The molecule has 1 aliphatic heterocycles. The molecular formula is C29H30F2N4O3. The maximum atomic E-state index is 14.8. The summed E-state index contributed by atoms with van der Waals surface area (Å²) in [4.78, 5) is 27.0. The molecule has 0 saturated carbocycles. The number of amides is 2. The minimum atomic E-state index is -0.855. The first-order valence-corrected chi connectivity index (χ1v) is 12.4. The highest BCUT2D eigenvalue weighted by atomic mass is 19.1. The van der Waals surface area contributed by atoms with Gasteiger partial charge in [0.15, 0.2) is 0 Å². The van der Waals surface area contributed by atoms with Crippen LogP contribution >= 0.6 is 0 Å². The fourth-order valence-electron chi connectivity index (χ4n) is 4.88. The largest absolute Gasteiger partial charge is 0.331 e. The molecule has 1 N–H and O–H groups in total. The molecule has 3 aromatic rings. The number of nitro groups is 1. The zero-order chi connectivity index (χ0) is 27.3. The first-order chi connectivity index (χ1) is 18.2. The molecule has 1 unspecified atom stereocenters. The van der Waals surface area contributed by atoms with Crippen LogP contribution in [0.25, 0.3) is 5.57 Å². The van der Waals surface area contributed by atoms with E-state index in [2.05, 4.69) is 5.32 Å². The fraction of sp³-hybridized carbons (Fsp3) is 0.276. The Balaban J connectivity index is 1.59. The molecule has 7 nitrogen and oxygen atoms in total. The molecule has 0 aliphatic carbocycles. The average Bonchev–Trinajstić information content (AvgIpc) is 3.30. The van der Waals surface area contributed by atoms with Crippen LogP contribution in [0.1, 0.15) is 29.5 Å². The highest BCUT2D eigenvalue weighted by molar-refractivity contribution is 5.83. The van der Waals surface area contributed by atoms with Gasteiger partial charge in [-0.25, -0.2) is 13.6 Å². The third-order valence-corrected chi connectivity index (χ3v) is 6.77. The summed E-state index contributed by atoms with van der Waals surface area (Å²) in [7, 11) is 3.34. The third kappa shape index (κ3) is 5.73. The van der Waals surface area contributed by atoms with Crippen LogP contribution in [0.4, 0.5) is 19.3 Å². The summed E-state index contributed by atoms with van der Waals surface area (Å²) in [5.41, 5.74) is 1.70. The number of halogens is 2. The van der Waals surface area contributed by atoms with E-state index in [9.17, 15) is 23.7 Å². The molecule has 0 bridgehead atoms. The standard InChI is InChI=1S/C29H30F2N4O3/c1-33(2)28(36)34-20-22(26-17-24(30)11-14-27(26)31)18-29(34,23-7-4-3-5-8-23)15-6-16-32-19-21-9-12-25(13-10-21)35(37)38/h3-5,7-14,17-18,32H,6,15-16,19-20H2,1-2H3. The highest BCUT2D eigenvalue weighted by Crippen LogP contribution is 2.44. The fourth-order valence-corrected chi connectivity index (χ4v) is 4.88. The molecular weight excluding hydrogens is 490 g/mol. The van der Waals surface area contributed by atoms with Crippen LogP contribution in [0.5, 0.6) is 0 Å². The summed E-state index contributed by atoms with van der Waals surface area (Å²) in [5.74, 6) is -1.08. The van der Waals surface area contributed by atoms with Crippen molar-refractivity contribution in [1.29, 1.82) is 0 Å². The van der Waals surface area contributed by atoms with Gasteiger partial charge in [-0.3, -0.25) is 10.1 Å². The highest BCUT2D eigenvalue weighted by Gasteiger charge is 2.45. The molecule has 0 saturated heterocycles. The molecule has 9 heteroatoms. The van der Waals surface area contributed by atoms with Crippen molar-refractivity contribution in [3.05, 3.63) is 117 Å². The van der Waals surface area contributed by atoms with E-state index in [1.807, 2.05) is 36.4 Å². The van der Waals surface area contributed by atoms with Crippen molar-refractivity contribution in [3.8, 4) is 0 Å². The predicted octanol–water partition coefficient (Wildman–Crippen LogP) is 5.72. The Morgan fingerprint density at radius 3 is 2.45 bits per heavy atom. The second-order valence-corrected chi connectivity index (χ2v) is 9.55. The van der Waals surface area contributed by atoms with Gasteiger partial charge in [0, 0.05) is 44.9 Å². The molecule has 1 aliphatic rings. The SMILES string of the molecule is CN(C)C(=O)N1CC(c2cc(F)ccc2F)=CC1(CCCNCc1ccc([N+](=O)[O-])cc1)c1ccccc1. The quantitative estimate of drug-likeness (QED) is 0.222. The Hall–Kier alpha value is -4.11. The van der Waals surface area contributed by atoms with Crippen molar-refractivity contribution >= 4 is 17.3 Å².